The van der Waals surface area contributed by atoms with Crippen molar-refractivity contribution >= 4 is 18.3 Å². The fourth-order valence-corrected chi connectivity index (χ4v) is 5.55. The third-order valence-corrected chi connectivity index (χ3v) is 6.74. The van der Waals surface area contributed by atoms with Crippen LogP contribution in [0.3, 0.4) is 0 Å². The molecular formula is C20H30ClN3O3. The van der Waals surface area contributed by atoms with Gasteiger partial charge in [-0.3, -0.25) is 14.7 Å². The van der Waals surface area contributed by atoms with Gasteiger partial charge in [-0.25, -0.2) is 0 Å². The smallest absolute Gasteiger partial charge is 0.267 e. The molecule has 2 N–H and O–H groups in total. The molecule has 2 bridgehead atoms. The van der Waals surface area contributed by atoms with Crippen molar-refractivity contribution < 1.29 is 14.3 Å². The van der Waals surface area contributed by atoms with Crippen molar-refractivity contribution in [3.8, 4) is 0 Å². The summed E-state index contributed by atoms with van der Waals surface area (Å²) < 4.78 is 11.8. The number of pyridine rings is 1. The molecule has 0 radical (unpaired) electrons. The van der Waals surface area contributed by atoms with Crippen molar-refractivity contribution in [2.75, 3.05) is 33.4 Å². The van der Waals surface area contributed by atoms with Crippen LogP contribution in [0.5, 0.6) is 0 Å². The van der Waals surface area contributed by atoms with Crippen molar-refractivity contribution in [2.45, 2.75) is 43.7 Å². The molecule has 2 saturated heterocycles. The normalized spacial score (nSPS) is 31.9. The minimum absolute atomic E-state index is 0. The number of likely N-dealkylation sites (tertiary alicyclic amines) is 1. The molecule has 1 unspecified atom stereocenters. The summed E-state index contributed by atoms with van der Waals surface area (Å²) in [6, 6.07) is 4.48. The second-order valence-electron chi connectivity index (χ2n) is 7.91. The Morgan fingerprint density at radius 3 is 2.52 bits per heavy atom. The number of carbonyl (C=O) groups is 1. The van der Waals surface area contributed by atoms with Gasteiger partial charge in [-0.2, -0.15) is 0 Å². The zero-order chi connectivity index (χ0) is 18.1. The first-order valence-electron chi connectivity index (χ1n) is 9.78. The molecule has 0 aromatic carbocycles. The third kappa shape index (κ3) is 3.60. The van der Waals surface area contributed by atoms with Crippen molar-refractivity contribution in [1.82, 2.24) is 9.88 Å². The maximum absolute atomic E-state index is 11.6. The van der Waals surface area contributed by atoms with E-state index in [1.807, 2.05) is 19.2 Å². The highest BCUT2D eigenvalue weighted by atomic mass is 35.5. The predicted octanol–water partition coefficient (Wildman–Crippen LogP) is 2.35. The maximum atomic E-state index is 11.6. The first-order valence-corrected chi connectivity index (χ1v) is 9.78. The van der Waals surface area contributed by atoms with Gasteiger partial charge in [-0.15, -0.1) is 12.4 Å². The van der Waals surface area contributed by atoms with Crippen LogP contribution in [-0.4, -0.2) is 55.2 Å². The van der Waals surface area contributed by atoms with E-state index in [1.165, 1.54) is 6.42 Å². The van der Waals surface area contributed by atoms with Crippen LogP contribution in [0.15, 0.2) is 18.3 Å². The Kier molecular flexibility index (Phi) is 6.41. The highest BCUT2D eigenvalue weighted by Gasteiger charge is 2.54. The second kappa shape index (κ2) is 8.43. The SMILES string of the molecule is COC1(c2ccnc(C(N)=O)c2)[C@@H]2CCC[C@H]1CN(C1CCOCC1)C2.Cl. The summed E-state index contributed by atoms with van der Waals surface area (Å²) in [6.45, 7) is 3.84. The van der Waals surface area contributed by atoms with Crippen LogP contribution in [0.4, 0.5) is 0 Å². The van der Waals surface area contributed by atoms with Gasteiger partial charge in [0, 0.05) is 57.5 Å². The molecule has 150 valence electrons. The number of aromatic nitrogens is 1. The minimum Gasteiger partial charge on any atom is -0.381 e. The van der Waals surface area contributed by atoms with Crippen LogP contribution in [0.1, 0.15) is 48.2 Å². The summed E-state index contributed by atoms with van der Waals surface area (Å²) in [5, 5.41) is 0. The van der Waals surface area contributed by atoms with Gasteiger partial charge in [0.05, 0.1) is 0 Å². The van der Waals surface area contributed by atoms with E-state index in [4.69, 9.17) is 15.2 Å². The van der Waals surface area contributed by atoms with E-state index in [-0.39, 0.29) is 18.0 Å². The second-order valence-corrected chi connectivity index (χ2v) is 7.91. The van der Waals surface area contributed by atoms with Gasteiger partial charge in [0.25, 0.3) is 5.91 Å². The number of hydrogen-bond acceptors (Lipinski definition) is 5. The summed E-state index contributed by atoms with van der Waals surface area (Å²) in [5.74, 6) is 0.361. The van der Waals surface area contributed by atoms with E-state index in [2.05, 4.69) is 9.88 Å². The number of nitrogens with two attached hydrogens (primary N) is 1. The molecular weight excluding hydrogens is 366 g/mol. The fraction of sp³-hybridized carbons (Fsp3) is 0.700. The molecule has 3 atom stereocenters. The molecule has 3 fully saturated rings. The molecule has 1 amide bonds. The Hall–Kier alpha value is -1.21. The van der Waals surface area contributed by atoms with Gasteiger partial charge in [-0.05, 0) is 43.4 Å². The van der Waals surface area contributed by atoms with Gasteiger partial charge in [0.1, 0.15) is 11.3 Å². The highest BCUT2D eigenvalue weighted by Crippen LogP contribution is 2.52. The number of rotatable bonds is 4. The van der Waals surface area contributed by atoms with Gasteiger partial charge in [0.15, 0.2) is 0 Å². The average molecular weight is 396 g/mol. The number of ether oxygens (including phenoxy) is 2. The van der Waals surface area contributed by atoms with Gasteiger partial charge < -0.3 is 15.2 Å². The van der Waals surface area contributed by atoms with Crippen molar-refractivity contribution in [1.29, 1.82) is 0 Å². The number of carbonyl (C=O) groups excluding carboxylic acids is 1. The summed E-state index contributed by atoms with van der Waals surface area (Å²) in [7, 11) is 1.82. The number of methoxy groups -OCH3 is 1. The number of amides is 1. The van der Waals surface area contributed by atoms with Crippen molar-refractivity contribution in [3.63, 3.8) is 0 Å². The molecule has 1 aromatic heterocycles. The summed E-state index contributed by atoms with van der Waals surface area (Å²) in [5.41, 5.74) is 6.51. The third-order valence-electron chi connectivity index (χ3n) is 6.74. The Morgan fingerprint density at radius 2 is 1.93 bits per heavy atom. The van der Waals surface area contributed by atoms with E-state index < -0.39 is 5.91 Å². The topological polar surface area (TPSA) is 77.7 Å². The zero-order valence-corrected chi connectivity index (χ0v) is 16.7. The first kappa shape index (κ1) is 20.5. The number of nitrogens with zero attached hydrogens (tertiary/aromatic N) is 2. The molecule has 6 nitrogen and oxygen atoms in total. The number of fused-ring (bicyclic) bond motifs is 2. The van der Waals surface area contributed by atoms with E-state index in [9.17, 15) is 4.79 Å². The summed E-state index contributed by atoms with van der Waals surface area (Å²) in [6.07, 6.45) is 7.49. The van der Waals surface area contributed by atoms with Gasteiger partial charge in [-0.1, -0.05) is 6.42 Å². The number of primary amides is 1. The molecule has 1 saturated carbocycles. The Bertz CT molecular complexity index is 652. The lowest BCUT2D eigenvalue weighted by Gasteiger charge is -2.57. The van der Waals surface area contributed by atoms with Crippen LogP contribution >= 0.6 is 12.4 Å². The quantitative estimate of drug-likeness (QED) is 0.846. The van der Waals surface area contributed by atoms with Crippen LogP contribution in [0, 0.1) is 11.8 Å². The van der Waals surface area contributed by atoms with E-state index in [0.29, 0.717) is 23.6 Å². The number of halogens is 1. The number of piperidine rings is 1. The fourth-order valence-electron chi connectivity index (χ4n) is 5.55. The molecule has 0 spiro atoms. The minimum atomic E-state index is -0.483. The molecule has 7 heteroatoms. The van der Waals surface area contributed by atoms with E-state index in [1.54, 1.807) is 6.20 Å². The van der Waals surface area contributed by atoms with E-state index >= 15 is 0 Å². The van der Waals surface area contributed by atoms with Crippen molar-refractivity contribution in [2.24, 2.45) is 17.6 Å². The van der Waals surface area contributed by atoms with Crippen molar-refractivity contribution in [3.05, 3.63) is 29.6 Å². The highest BCUT2D eigenvalue weighted by molar-refractivity contribution is 5.90. The molecule has 2 aliphatic heterocycles. The summed E-state index contributed by atoms with van der Waals surface area (Å²) >= 11 is 0. The number of hydrogen-bond donors (Lipinski definition) is 1. The van der Waals surface area contributed by atoms with Crippen LogP contribution in [0.2, 0.25) is 0 Å². The largest absolute Gasteiger partial charge is 0.381 e. The Labute approximate surface area is 167 Å². The molecule has 3 aliphatic rings. The summed E-state index contributed by atoms with van der Waals surface area (Å²) in [4.78, 5) is 18.4. The standard InChI is InChI=1S/C20H29N3O3.ClH/c1-25-20(14-5-8-22-18(11-14)19(21)24)15-3-2-4-16(20)13-23(12-15)17-6-9-26-10-7-17;/h5,8,11,15-17H,2-4,6-7,9-10,12-13H2,1H3,(H2,21,24);1H/t15-,16+,20?;. The lowest BCUT2D eigenvalue weighted by atomic mass is 9.62. The van der Waals surface area contributed by atoms with Crippen LogP contribution in [-0.2, 0) is 15.1 Å². The Morgan fingerprint density at radius 1 is 1.26 bits per heavy atom. The molecule has 1 aromatic rings. The molecule has 4 rings (SSSR count). The lowest BCUT2D eigenvalue weighted by molar-refractivity contribution is -0.177. The maximum Gasteiger partial charge on any atom is 0.267 e. The van der Waals surface area contributed by atoms with Crippen LogP contribution < -0.4 is 5.73 Å². The molecule has 1 aliphatic carbocycles. The predicted molar refractivity (Wildman–Crippen MR) is 105 cm³/mol. The van der Waals surface area contributed by atoms with Gasteiger partial charge >= 0.3 is 0 Å². The average Bonchev–Trinajstić information content (AvgIpc) is 2.67. The molecule has 3 heterocycles. The Balaban J connectivity index is 0.00000210. The zero-order valence-electron chi connectivity index (χ0n) is 15.9. The monoisotopic (exact) mass is 395 g/mol. The first-order chi connectivity index (χ1) is 12.6. The van der Waals surface area contributed by atoms with Crippen LogP contribution in [0.25, 0.3) is 0 Å². The van der Waals surface area contributed by atoms with E-state index in [0.717, 1.165) is 57.6 Å². The molecule has 27 heavy (non-hydrogen) atoms. The van der Waals surface area contributed by atoms with Gasteiger partial charge in [0.2, 0.25) is 0 Å². The lowest BCUT2D eigenvalue weighted by Crippen LogP contribution is -2.61.